The van der Waals surface area contributed by atoms with Crippen molar-refractivity contribution < 1.29 is 8.42 Å². The quantitative estimate of drug-likeness (QED) is 0.756. The van der Waals surface area contributed by atoms with Gasteiger partial charge < -0.3 is 0 Å². The summed E-state index contributed by atoms with van der Waals surface area (Å²) in [6, 6.07) is 6.64. The molecule has 3 nitrogen and oxygen atoms in total. The molecule has 66 valence electrons. The highest BCUT2D eigenvalue weighted by Gasteiger charge is 2.01. The Morgan fingerprint density at radius 2 is 1.83 bits per heavy atom. The summed E-state index contributed by atoms with van der Waals surface area (Å²) in [5.41, 5.74) is 0. The average molecular weight is 203 g/mol. The molecule has 0 aliphatic heterocycles. The number of hydrogen-bond acceptors (Lipinski definition) is 2. The zero-order valence-electron chi connectivity index (χ0n) is 6.52. The molecule has 2 unspecified atom stereocenters. The van der Waals surface area contributed by atoms with Crippen LogP contribution in [0.4, 0.5) is 0 Å². The van der Waals surface area contributed by atoms with Gasteiger partial charge in [0.15, 0.2) is 0 Å². The smallest absolute Gasteiger partial charge is 0.122 e. The molecule has 0 amide bonds. The molecule has 0 heterocycles. The van der Waals surface area contributed by atoms with Crippen LogP contribution in [-0.4, -0.2) is 14.7 Å². The van der Waals surface area contributed by atoms with Gasteiger partial charge in [0.2, 0.25) is 0 Å². The number of hydrogen-bond donors (Lipinski definition) is 1. The Morgan fingerprint density at radius 1 is 1.25 bits per heavy atom. The summed E-state index contributed by atoms with van der Waals surface area (Å²) in [7, 11) is -2.54. The summed E-state index contributed by atoms with van der Waals surface area (Å²) in [6.45, 7) is 0. The molecule has 1 aromatic carbocycles. The molecule has 0 fully saturated rings. The summed E-state index contributed by atoms with van der Waals surface area (Å²) in [6.07, 6.45) is 1.57. The number of rotatable bonds is 2. The highest BCUT2D eigenvalue weighted by atomic mass is 32.2. The van der Waals surface area contributed by atoms with Crippen molar-refractivity contribution in [3.05, 3.63) is 24.3 Å². The first kappa shape index (κ1) is 9.57. The van der Waals surface area contributed by atoms with Crippen LogP contribution in [0.25, 0.3) is 0 Å². The summed E-state index contributed by atoms with van der Waals surface area (Å²) in [5, 5.41) is 5.16. The van der Waals surface area contributed by atoms with E-state index in [4.69, 9.17) is 5.14 Å². The van der Waals surface area contributed by atoms with E-state index in [9.17, 15) is 8.42 Å². The first-order chi connectivity index (χ1) is 5.61. The topological polar surface area (TPSA) is 60.2 Å². The molecular weight excluding hydrogens is 194 g/mol. The fraction of sp³-hybridized carbons (Fsp3) is 0.143. The fourth-order valence-electron chi connectivity index (χ4n) is 0.778. The van der Waals surface area contributed by atoms with E-state index in [1.807, 2.05) is 0 Å². The largest absolute Gasteiger partial charge is 0.255 e. The molecule has 0 radical (unpaired) electrons. The lowest BCUT2D eigenvalue weighted by Gasteiger charge is -1.98. The molecule has 1 aromatic rings. The van der Waals surface area contributed by atoms with Crippen molar-refractivity contribution in [1.82, 2.24) is 0 Å². The zero-order chi connectivity index (χ0) is 9.14. The highest BCUT2D eigenvalue weighted by Crippen LogP contribution is 2.09. The first-order valence-corrected chi connectivity index (χ1v) is 5.98. The second kappa shape index (κ2) is 3.93. The molecule has 0 saturated carbocycles. The molecule has 0 aromatic heterocycles. The monoisotopic (exact) mass is 203 g/mol. The van der Waals surface area contributed by atoms with E-state index >= 15 is 0 Å². The molecule has 0 aliphatic rings. The van der Waals surface area contributed by atoms with Crippen molar-refractivity contribution in [3.63, 3.8) is 0 Å². The van der Waals surface area contributed by atoms with E-state index < -0.39 is 21.8 Å². The van der Waals surface area contributed by atoms with Crippen LogP contribution in [0.2, 0.25) is 0 Å². The van der Waals surface area contributed by atoms with Crippen molar-refractivity contribution in [2.45, 2.75) is 9.79 Å². The van der Waals surface area contributed by atoms with Gasteiger partial charge >= 0.3 is 0 Å². The van der Waals surface area contributed by atoms with Gasteiger partial charge in [-0.25, -0.2) is 9.35 Å². The highest BCUT2D eigenvalue weighted by molar-refractivity contribution is 7.84. The minimum Gasteiger partial charge on any atom is -0.255 e. The number of benzene rings is 1. The van der Waals surface area contributed by atoms with E-state index in [0.29, 0.717) is 9.79 Å². The summed E-state index contributed by atoms with van der Waals surface area (Å²) >= 11 is 0. The third-order valence-corrected chi connectivity index (χ3v) is 3.01. The Labute approximate surface area is 76.0 Å². The Kier molecular flexibility index (Phi) is 3.13. The van der Waals surface area contributed by atoms with Gasteiger partial charge in [0.05, 0.1) is 4.90 Å². The van der Waals surface area contributed by atoms with Gasteiger partial charge in [0.1, 0.15) is 11.0 Å². The van der Waals surface area contributed by atoms with Crippen LogP contribution in [0.1, 0.15) is 0 Å². The van der Waals surface area contributed by atoms with Crippen molar-refractivity contribution in [3.8, 4) is 0 Å². The van der Waals surface area contributed by atoms with Crippen LogP contribution in [0.5, 0.6) is 0 Å². The molecule has 1 rings (SSSR count). The lowest BCUT2D eigenvalue weighted by molar-refractivity contribution is 0.683. The number of nitrogens with two attached hydrogens (primary N) is 1. The third-order valence-electron chi connectivity index (χ3n) is 1.37. The minimum absolute atomic E-state index is 0.503. The van der Waals surface area contributed by atoms with Crippen LogP contribution < -0.4 is 5.14 Å². The fourth-order valence-corrected chi connectivity index (χ4v) is 1.87. The Morgan fingerprint density at radius 3 is 2.33 bits per heavy atom. The van der Waals surface area contributed by atoms with Gasteiger partial charge in [-0.15, -0.1) is 0 Å². The van der Waals surface area contributed by atoms with E-state index in [1.165, 1.54) is 0 Å². The van der Waals surface area contributed by atoms with Gasteiger partial charge in [0.25, 0.3) is 0 Å². The molecule has 2 atom stereocenters. The maximum atomic E-state index is 11.0. The van der Waals surface area contributed by atoms with Gasteiger partial charge in [0, 0.05) is 22.0 Å². The second-order valence-electron chi connectivity index (χ2n) is 2.23. The van der Waals surface area contributed by atoms with Crippen LogP contribution >= 0.6 is 0 Å². The predicted octanol–water partition coefficient (Wildman–Crippen LogP) is 0.405. The average Bonchev–Trinajstić information content (AvgIpc) is 2.04. The van der Waals surface area contributed by atoms with Crippen LogP contribution in [-0.2, 0) is 21.8 Å². The maximum absolute atomic E-state index is 11.0. The maximum Gasteiger partial charge on any atom is 0.122 e. The lowest BCUT2D eigenvalue weighted by atomic mass is 10.4. The molecule has 0 bridgehead atoms. The SMILES string of the molecule is CS(=O)c1cccc(S(N)=O)c1. The molecule has 5 heteroatoms. The van der Waals surface area contributed by atoms with Crippen molar-refractivity contribution in [2.75, 3.05) is 6.26 Å². The van der Waals surface area contributed by atoms with E-state index in [1.54, 1.807) is 30.5 Å². The van der Waals surface area contributed by atoms with Crippen molar-refractivity contribution >= 4 is 21.8 Å². The van der Waals surface area contributed by atoms with Crippen LogP contribution in [0.3, 0.4) is 0 Å². The van der Waals surface area contributed by atoms with Gasteiger partial charge in [-0.1, -0.05) is 6.07 Å². The van der Waals surface area contributed by atoms with Crippen LogP contribution in [0, 0.1) is 0 Å². The normalized spacial score (nSPS) is 15.5. The van der Waals surface area contributed by atoms with Gasteiger partial charge in [-0.2, -0.15) is 0 Å². The van der Waals surface area contributed by atoms with Gasteiger partial charge in [-0.05, 0) is 18.2 Å². The molecule has 0 aliphatic carbocycles. The molecular formula is C7H9NO2S2. The Bertz CT molecular complexity index is 309. The minimum atomic E-state index is -1.49. The Balaban J connectivity index is 3.12. The second-order valence-corrected chi connectivity index (χ2v) is 4.67. The summed E-state index contributed by atoms with van der Waals surface area (Å²) in [4.78, 5) is 1.15. The van der Waals surface area contributed by atoms with Gasteiger partial charge in [-0.3, -0.25) is 4.21 Å². The molecule has 2 N–H and O–H groups in total. The van der Waals surface area contributed by atoms with E-state index in [-0.39, 0.29) is 0 Å². The zero-order valence-corrected chi connectivity index (χ0v) is 8.15. The molecule has 12 heavy (non-hydrogen) atoms. The van der Waals surface area contributed by atoms with E-state index in [2.05, 4.69) is 0 Å². The molecule has 0 saturated heterocycles. The molecule has 0 spiro atoms. The predicted molar refractivity (Wildman–Crippen MR) is 49.4 cm³/mol. The lowest BCUT2D eigenvalue weighted by Crippen LogP contribution is -2.03. The van der Waals surface area contributed by atoms with Crippen molar-refractivity contribution in [2.24, 2.45) is 5.14 Å². The first-order valence-electron chi connectivity index (χ1n) is 3.21. The summed E-state index contributed by atoms with van der Waals surface area (Å²) in [5.74, 6) is 0. The Hall–Kier alpha value is -0.520. The van der Waals surface area contributed by atoms with E-state index in [0.717, 1.165) is 0 Å². The summed E-state index contributed by atoms with van der Waals surface area (Å²) < 4.78 is 21.8. The third kappa shape index (κ3) is 2.23. The standard InChI is InChI=1S/C7H9NO2S2/c1-11(9)6-3-2-4-7(5-6)12(8)10/h2-5H,8H2,1H3. The van der Waals surface area contributed by atoms with Crippen molar-refractivity contribution in [1.29, 1.82) is 0 Å². The van der Waals surface area contributed by atoms with Crippen LogP contribution in [0.15, 0.2) is 34.1 Å².